The number of hydrogen-bond donors (Lipinski definition) is 1. The fourth-order valence-corrected chi connectivity index (χ4v) is 2.53. The average molecular weight is 325 g/mol. The molecule has 1 aromatic heterocycles. The first kappa shape index (κ1) is 16.1. The van der Waals surface area contributed by atoms with Crippen LogP contribution in [0.15, 0.2) is 48.8 Å². The Balaban J connectivity index is 1.65. The minimum Gasteiger partial charge on any atom is -0.378 e. The average Bonchev–Trinajstić information content (AvgIpc) is 2.67. The zero-order valence-corrected chi connectivity index (χ0v) is 13.3. The third kappa shape index (κ3) is 3.97. The lowest BCUT2D eigenvalue weighted by molar-refractivity contribution is 0.0303. The number of pyridine rings is 1. The van der Waals surface area contributed by atoms with Crippen LogP contribution in [0, 0.1) is 0 Å². The number of morpholine rings is 1. The van der Waals surface area contributed by atoms with Gasteiger partial charge in [0.25, 0.3) is 11.8 Å². The van der Waals surface area contributed by atoms with Crippen molar-refractivity contribution in [1.82, 2.24) is 15.2 Å². The summed E-state index contributed by atoms with van der Waals surface area (Å²) in [5.74, 6) is -0.273. The van der Waals surface area contributed by atoms with E-state index < -0.39 is 0 Å². The van der Waals surface area contributed by atoms with E-state index in [4.69, 9.17) is 4.74 Å². The molecule has 0 spiro atoms. The summed E-state index contributed by atoms with van der Waals surface area (Å²) < 4.78 is 5.26. The Morgan fingerprint density at radius 2 is 1.79 bits per heavy atom. The Kier molecular flexibility index (Phi) is 5.18. The van der Waals surface area contributed by atoms with Crippen molar-refractivity contribution >= 4 is 11.8 Å². The highest BCUT2D eigenvalue weighted by Gasteiger charge is 2.19. The molecule has 0 saturated carbocycles. The molecule has 2 aromatic rings. The van der Waals surface area contributed by atoms with Gasteiger partial charge < -0.3 is 15.0 Å². The van der Waals surface area contributed by atoms with E-state index >= 15 is 0 Å². The van der Waals surface area contributed by atoms with Crippen LogP contribution in [0.3, 0.4) is 0 Å². The fraction of sp³-hybridized carbons (Fsp3) is 0.278. The van der Waals surface area contributed by atoms with E-state index in [0.29, 0.717) is 44.0 Å². The SMILES string of the molecule is O=C(NCc1ccncc1)c1cccc(C(=O)N2CCOCC2)c1. The monoisotopic (exact) mass is 325 g/mol. The second-order valence-electron chi connectivity index (χ2n) is 5.52. The van der Waals surface area contributed by atoms with E-state index in [1.807, 2.05) is 12.1 Å². The number of ether oxygens (including phenoxy) is 1. The lowest BCUT2D eigenvalue weighted by atomic mass is 10.1. The normalized spacial score (nSPS) is 14.2. The minimum absolute atomic E-state index is 0.0675. The molecule has 1 saturated heterocycles. The molecular weight excluding hydrogens is 306 g/mol. The van der Waals surface area contributed by atoms with Gasteiger partial charge in [-0.15, -0.1) is 0 Å². The van der Waals surface area contributed by atoms with Gasteiger partial charge in [-0.05, 0) is 35.9 Å². The molecule has 0 radical (unpaired) electrons. The molecule has 0 bridgehead atoms. The number of benzene rings is 1. The summed E-state index contributed by atoms with van der Waals surface area (Å²) >= 11 is 0. The molecular formula is C18H19N3O3. The molecule has 6 nitrogen and oxygen atoms in total. The molecule has 0 unspecified atom stereocenters. The molecule has 2 amide bonds. The molecule has 24 heavy (non-hydrogen) atoms. The van der Waals surface area contributed by atoms with Crippen molar-refractivity contribution in [2.75, 3.05) is 26.3 Å². The fourth-order valence-electron chi connectivity index (χ4n) is 2.53. The van der Waals surface area contributed by atoms with E-state index in [1.54, 1.807) is 41.6 Å². The Bertz CT molecular complexity index is 712. The molecule has 1 aliphatic heterocycles. The Morgan fingerprint density at radius 1 is 1.08 bits per heavy atom. The summed E-state index contributed by atoms with van der Waals surface area (Å²) in [6.45, 7) is 2.69. The summed E-state index contributed by atoms with van der Waals surface area (Å²) in [5.41, 5.74) is 1.97. The molecule has 6 heteroatoms. The third-order valence-corrected chi connectivity index (χ3v) is 3.87. The van der Waals surface area contributed by atoms with Gasteiger partial charge in [-0.1, -0.05) is 6.07 Å². The highest BCUT2D eigenvalue weighted by Crippen LogP contribution is 2.10. The lowest BCUT2D eigenvalue weighted by Crippen LogP contribution is -2.40. The first-order valence-electron chi connectivity index (χ1n) is 7.88. The maximum absolute atomic E-state index is 12.5. The van der Waals surface area contributed by atoms with E-state index in [9.17, 15) is 9.59 Å². The molecule has 1 fully saturated rings. The lowest BCUT2D eigenvalue weighted by Gasteiger charge is -2.27. The van der Waals surface area contributed by atoms with Gasteiger partial charge in [0.2, 0.25) is 0 Å². The summed E-state index contributed by atoms with van der Waals surface area (Å²) in [5, 5.41) is 2.85. The quantitative estimate of drug-likeness (QED) is 0.924. The smallest absolute Gasteiger partial charge is 0.254 e. The first-order valence-corrected chi connectivity index (χ1v) is 7.88. The van der Waals surface area contributed by atoms with Gasteiger partial charge in [0.05, 0.1) is 13.2 Å². The largest absolute Gasteiger partial charge is 0.378 e. The second-order valence-corrected chi connectivity index (χ2v) is 5.52. The van der Waals surface area contributed by atoms with Crippen molar-refractivity contribution in [3.8, 4) is 0 Å². The van der Waals surface area contributed by atoms with Gasteiger partial charge in [0.1, 0.15) is 0 Å². The van der Waals surface area contributed by atoms with Crippen molar-refractivity contribution in [2.45, 2.75) is 6.54 Å². The van der Waals surface area contributed by atoms with Crippen LogP contribution in [0.1, 0.15) is 26.3 Å². The second kappa shape index (κ2) is 7.70. The van der Waals surface area contributed by atoms with Gasteiger partial charge >= 0.3 is 0 Å². The van der Waals surface area contributed by atoms with Crippen LogP contribution in [0.5, 0.6) is 0 Å². The molecule has 0 aliphatic carbocycles. The van der Waals surface area contributed by atoms with Crippen molar-refractivity contribution < 1.29 is 14.3 Å². The number of aromatic nitrogens is 1. The Labute approximate surface area is 140 Å². The zero-order chi connectivity index (χ0) is 16.8. The number of carbonyl (C=O) groups is 2. The number of hydrogen-bond acceptors (Lipinski definition) is 4. The van der Waals surface area contributed by atoms with Crippen molar-refractivity contribution in [1.29, 1.82) is 0 Å². The number of nitrogens with zero attached hydrogens (tertiary/aromatic N) is 2. The van der Waals surface area contributed by atoms with Crippen LogP contribution < -0.4 is 5.32 Å². The highest BCUT2D eigenvalue weighted by molar-refractivity contribution is 5.99. The van der Waals surface area contributed by atoms with E-state index in [0.717, 1.165) is 5.56 Å². The molecule has 2 heterocycles. The van der Waals surface area contributed by atoms with Gasteiger partial charge in [-0.2, -0.15) is 0 Å². The van der Waals surface area contributed by atoms with Gasteiger partial charge in [-0.25, -0.2) is 0 Å². The van der Waals surface area contributed by atoms with Crippen LogP contribution in [0.2, 0.25) is 0 Å². The summed E-state index contributed by atoms with van der Waals surface area (Å²) in [6.07, 6.45) is 3.37. The number of rotatable bonds is 4. The summed E-state index contributed by atoms with van der Waals surface area (Å²) in [6, 6.07) is 10.5. The van der Waals surface area contributed by atoms with Crippen molar-refractivity contribution in [3.05, 3.63) is 65.5 Å². The van der Waals surface area contributed by atoms with Crippen LogP contribution in [-0.2, 0) is 11.3 Å². The molecule has 1 aromatic carbocycles. The van der Waals surface area contributed by atoms with E-state index in [1.165, 1.54) is 0 Å². The highest BCUT2D eigenvalue weighted by atomic mass is 16.5. The van der Waals surface area contributed by atoms with Crippen molar-refractivity contribution in [3.63, 3.8) is 0 Å². The molecule has 1 N–H and O–H groups in total. The van der Waals surface area contributed by atoms with E-state index in [-0.39, 0.29) is 11.8 Å². The van der Waals surface area contributed by atoms with E-state index in [2.05, 4.69) is 10.3 Å². The molecule has 124 valence electrons. The summed E-state index contributed by atoms with van der Waals surface area (Å²) in [7, 11) is 0. The third-order valence-electron chi connectivity index (χ3n) is 3.87. The topological polar surface area (TPSA) is 71.5 Å². The molecule has 3 rings (SSSR count). The van der Waals surface area contributed by atoms with Crippen LogP contribution in [-0.4, -0.2) is 48.0 Å². The van der Waals surface area contributed by atoms with Crippen LogP contribution in [0.4, 0.5) is 0 Å². The van der Waals surface area contributed by atoms with Crippen LogP contribution >= 0.6 is 0 Å². The van der Waals surface area contributed by atoms with Crippen molar-refractivity contribution in [2.24, 2.45) is 0 Å². The standard InChI is InChI=1S/C18H19N3O3/c22-17(20-13-14-4-6-19-7-5-14)15-2-1-3-16(12-15)18(23)21-8-10-24-11-9-21/h1-7,12H,8-11,13H2,(H,20,22). The zero-order valence-electron chi connectivity index (χ0n) is 13.3. The maximum atomic E-state index is 12.5. The number of nitrogens with one attached hydrogen (secondary N) is 1. The van der Waals surface area contributed by atoms with Gasteiger partial charge in [-0.3, -0.25) is 14.6 Å². The maximum Gasteiger partial charge on any atom is 0.254 e. The number of carbonyl (C=O) groups excluding carboxylic acids is 2. The Morgan fingerprint density at radius 3 is 2.54 bits per heavy atom. The predicted octanol–water partition coefficient (Wildman–Crippen LogP) is 1.48. The predicted molar refractivity (Wildman–Crippen MR) is 88.6 cm³/mol. The number of amides is 2. The van der Waals surface area contributed by atoms with Crippen LogP contribution in [0.25, 0.3) is 0 Å². The molecule has 0 atom stereocenters. The Hall–Kier alpha value is -2.73. The molecule has 1 aliphatic rings. The first-order chi connectivity index (χ1) is 11.7. The van der Waals surface area contributed by atoms with Gasteiger partial charge in [0, 0.05) is 43.2 Å². The van der Waals surface area contributed by atoms with Gasteiger partial charge in [0.15, 0.2) is 0 Å². The summed E-state index contributed by atoms with van der Waals surface area (Å²) in [4.78, 5) is 30.5. The minimum atomic E-state index is -0.205.